The smallest absolute Gasteiger partial charge is 0.252 e. The number of hydrogen-bond donors (Lipinski definition) is 0. The molecule has 6 heteroatoms. The van der Waals surface area contributed by atoms with Gasteiger partial charge in [-0.1, -0.05) is 183 Å². The van der Waals surface area contributed by atoms with Gasteiger partial charge in [-0.25, -0.2) is 0 Å². The third kappa shape index (κ3) is 6.41. The Morgan fingerprint density at radius 1 is 0.474 bits per heavy atom. The maximum Gasteiger partial charge on any atom is 0.252 e. The van der Waals surface area contributed by atoms with E-state index >= 15 is 0 Å². The molecule has 2 unspecified atom stereocenters. The van der Waals surface area contributed by atoms with Gasteiger partial charge >= 0.3 is 0 Å². The van der Waals surface area contributed by atoms with E-state index in [9.17, 15) is 0 Å². The number of benzene rings is 9. The number of para-hydroxylation sites is 1. The van der Waals surface area contributed by atoms with Crippen molar-refractivity contribution in [2.75, 3.05) is 14.7 Å². The molecule has 2 atom stereocenters. The van der Waals surface area contributed by atoms with Crippen LogP contribution in [0.1, 0.15) is 97.8 Å². The molecule has 0 spiro atoms. The van der Waals surface area contributed by atoms with Crippen LogP contribution in [-0.2, 0) is 16.2 Å². The molecule has 2 aromatic heterocycles. The zero-order valence-corrected chi connectivity index (χ0v) is 46.5. The highest BCUT2D eigenvalue weighted by Gasteiger charge is 2.58. The number of thiophene rings is 2. The molecule has 0 bridgehead atoms. The summed E-state index contributed by atoms with van der Waals surface area (Å²) in [5, 5.41) is 5.25. The lowest BCUT2D eigenvalue weighted by molar-refractivity contribution is 0.195. The van der Waals surface area contributed by atoms with E-state index in [4.69, 9.17) is 0 Å². The van der Waals surface area contributed by atoms with E-state index in [1.807, 2.05) is 22.7 Å². The van der Waals surface area contributed by atoms with Crippen LogP contribution in [0.4, 0.5) is 45.5 Å². The lowest BCUT2D eigenvalue weighted by atomic mass is 9.33. The Morgan fingerprint density at radius 3 is 1.88 bits per heavy atom. The number of hydrogen-bond acceptors (Lipinski definition) is 5. The molecule has 372 valence electrons. The minimum Gasteiger partial charge on any atom is -0.334 e. The lowest BCUT2D eigenvalue weighted by Crippen LogP contribution is -2.61. The van der Waals surface area contributed by atoms with Crippen molar-refractivity contribution < 1.29 is 0 Å². The second kappa shape index (κ2) is 16.2. The molecule has 76 heavy (non-hydrogen) atoms. The van der Waals surface area contributed by atoms with Gasteiger partial charge in [-0.15, -0.1) is 22.7 Å². The van der Waals surface area contributed by atoms with E-state index in [2.05, 4.69) is 252 Å². The number of fused-ring (bicyclic) bond motifs is 14. The Balaban J connectivity index is 1.14. The van der Waals surface area contributed by atoms with Gasteiger partial charge in [0.05, 0.1) is 27.3 Å². The van der Waals surface area contributed by atoms with Gasteiger partial charge in [0, 0.05) is 75.1 Å². The minimum atomic E-state index is -0.155. The van der Waals surface area contributed by atoms with Crippen molar-refractivity contribution in [3.05, 3.63) is 199 Å². The number of nitrogens with zero attached hydrogens (tertiary/aromatic N) is 3. The topological polar surface area (TPSA) is 9.72 Å². The maximum absolute atomic E-state index is 2.82. The van der Waals surface area contributed by atoms with Gasteiger partial charge in [-0.3, -0.25) is 0 Å². The monoisotopic (exact) mass is 1020 g/mol. The highest BCUT2D eigenvalue weighted by molar-refractivity contribution is 7.27. The molecule has 1 saturated carbocycles. The van der Waals surface area contributed by atoms with E-state index in [1.165, 1.54) is 149 Å². The first-order valence-electron chi connectivity index (χ1n) is 27.6. The van der Waals surface area contributed by atoms with Gasteiger partial charge in [0.15, 0.2) is 0 Å². The van der Waals surface area contributed by atoms with E-state index in [0.717, 1.165) is 6.42 Å². The molecule has 3 nitrogen and oxygen atoms in total. The largest absolute Gasteiger partial charge is 0.334 e. The molecule has 15 rings (SSSR count). The zero-order valence-electron chi connectivity index (χ0n) is 44.9. The van der Waals surface area contributed by atoms with Crippen LogP contribution in [0.5, 0.6) is 0 Å². The second-order valence-electron chi connectivity index (χ2n) is 24.8. The molecule has 0 amide bonds. The first-order chi connectivity index (χ1) is 36.7. The lowest BCUT2D eigenvalue weighted by Gasteiger charge is -2.51. The van der Waals surface area contributed by atoms with E-state index < -0.39 is 0 Å². The Morgan fingerprint density at radius 2 is 1.11 bits per heavy atom. The third-order valence-electron chi connectivity index (χ3n) is 18.5. The van der Waals surface area contributed by atoms with Gasteiger partial charge in [0.2, 0.25) is 0 Å². The number of anilines is 8. The molecule has 5 heterocycles. The van der Waals surface area contributed by atoms with Crippen LogP contribution in [0.2, 0.25) is 0 Å². The average Bonchev–Trinajstić information content (AvgIpc) is 4.23. The Labute approximate surface area is 456 Å². The predicted octanol–water partition coefficient (Wildman–Crippen LogP) is 18.5. The fourth-order valence-electron chi connectivity index (χ4n) is 14.4. The second-order valence-corrected chi connectivity index (χ2v) is 26.9. The quantitative estimate of drug-likeness (QED) is 0.163. The fourth-order valence-corrected chi connectivity index (χ4v) is 16.8. The first-order valence-corrected chi connectivity index (χ1v) is 29.2. The molecule has 3 aliphatic heterocycles. The molecule has 0 saturated heterocycles. The molecular weight excluding hydrogens is 958 g/mol. The molecule has 0 N–H and O–H groups in total. The van der Waals surface area contributed by atoms with Crippen LogP contribution < -0.4 is 31.1 Å². The van der Waals surface area contributed by atoms with Crippen molar-refractivity contribution in [1.29, 1.82) is 0 Å². The van der Waals surface area contributed by atoms with Crippen LogP contribution in [0.15, 0.2) is 182 Å². The molecular formula is C70H62BN3S2. The van der Waals surface area contributed by atoms with Gasteiger partial charge in [-0.2, -0.15) is 0 Å². The molecule has 9 aromatic carbocycles. The summed E-state index contributed by atoms with van der Waals surface area (Å²) in [4.78, 5) is 8.27. The van der Waals surface area contributed by atoms with Gasteiger partial charge < -0.3 is 14.7 Å². The van der Waals surface area contributed by atoms with Crippen molar-refractivity contribution in [3.8, 4) is 11.1 Å². The maximum atomic E-state index is 2.82. The van der Waals surface area contributed by atoms with Gasteiger partial charge in [0.1, 0.15) is 0 Å². The summed E-state index contributed by atoms with van der Waals surface area (Å²) < 4.78 is 5.27. The van der Waals surface area contributed by atoms with Crippen LogP contribution in [0.3, 0.4) is 0 Å². The summed E-state index contributed by atoms with van der Waals surface area (Å²) in [5.74, 6) is 0. The standard InChI is InChI=1S/C70H62BN3S2/c1-67(2,3)44-31-35-54(50(39-44)43-21-10-9-11-22-43)73-59-42-46(74-55-26-15-14-25-51(55)69(7)37-18-19-38-70(69,74)8)41-58-64(59)71(52-34-33-48-47-23-12-16-28-60(47)76-66(48)65(52)73)53-40-45(68(4,5)6)32-36-56(53)72(58)57-27-20-30-62-63(57)49-24-13-17-29-61(49)75-62/h9-17,20-36,39-42H,18-19,37-38H2,1-8H3. The molecule has 1 fully saturated rings. The van der Waals surface area contributed by atoms with Gasteiger partial charge in [-0.05, 0) is 130 Å². The van der Waals surface area contributed by atoms with Crippen LogP contribution in [0.25, 0.3) is 51.5 Å². The SMILES string of the molecule is CC(C)(C)c1ccc2c(c1)B1c3ccc4c(sc5ccccc54)c3N(c3ccc(C(C)(C)C)cc3-c3ccccc3)c3cc(N4c5ccccc5C5(C)CCCCC45C)cc(c31)N2c1cccc2sc3ccccc3c12. The molecule has 4 aliphatic rings. The fraction of sp³-hybridized carbons (Fsp3) is 0.229. The zero-order chi connectivity index (χ0) is 51.6. The number of rotatable bonds is 4. The minimum absolute atomic E-state index is 0.0207. The van der Waals surface area contributed by atoms with E-state index in [1.54, 1.807) is 0 Å². The summed E-state index contributed by atoms with van der Waals surface area (Å²) in [6.07, 6.45) is 4.75. The normalized spacial score (nSPS) is 18.8. The Hall–Kier alpha value is -7.12. The van der Waals surface area contributed by atoms with Crippen LogP contribution in [-0.4, -0.2) is 12.3 Å². The molecule has 1 aliphatic carbocycles. The van der Waals surface area contributed by atoms with E-state index in [0.29, 0.717) is 0 Å². The van der Waals surface area contributed by atoms with Crippen molar-refractivity contribution in [3.63, 3.8) is 0 Å². The van der Waals surface area contributed by atoms with Crippen molar-refractivity contribution in [1.82, 2.24) is 0 Å². The van der Waals surface area contributed by atoms with Gasteiger partial charge in [0.25, 0.3) is 6.71 Å². The Bertz CT molecular complexity index is 4230. The Kier molecular flexibility index (Phi) is 9.85. The van der Waals surface area contributed by atoms with Crippen molar-refractivity contribution in [2.24, 2.45) is 0 Å². The van der Waals surface area contributed by atoms with Crippen molar-refractivity contribution in [2.45, 2.75) is 103 Å². The van der Waals surface area contributed by atoms with Crippen LogP contribution >= 0.6 is 22.7 Å². The van der Waals surface area contributed by atoms with Crippen LogP contribution in [0, 0.1) is 0 Å². The highest BCUT2D eigenvalue weighted by Crippen LogP contribution is 2.62. The molecule has 11 aromatic rings. The summed E-state index contributed by atoms with van der Waals surface area (Å²) in [5.41, 5.74) is 20.4. The summed E-state index contributed by atoms with van der Waals surface area (Å²) in [7, 11) is 0. The van der Waals surface area contributed by atoms with E-state index in [-0.39, 0.29) is 28.5 Å². The van der Waals surface area contributed by atoms with Crippen molar-refractivity contribution >= 4 is 132 Å². The summed E-state index contributed by atoms with van der Waals surface area (Å²) in [6, 6.07) is 70.9. The third-order valence-corrected chi connectivity index (χ3v) is 20.8. The first kappa shape index (κ1) is 46.2. The highest BCUT2D eigenvalue weighted by atomic mass is 32.1. The summed E-state index contributed by atoms with van der Waals surface area (Å²) >= 11 is 3.86. The summed E-state index contributed by atoms with van der Waals surface area (Å²) in [6.45, 7) is 19.3. The average molecular weight is 1020 g/mol. The molecule has 0 radical (unpaired) electrons. The predicted molar refractivity (Wildman–Crippen MR) is 332 cm³/mol.